The molecular formula is C18H30O8. The molecule has 0 heterocycles. The first-order valence-corrected chi connectivity index (χ1v) is 8.72. The first-order valence-electron chi connectivity index (χ1n) is 8.72. The predicted molar refractivity (Wildman–Crippen MR) is 94.9 cm³/mol. The number of ether oxygens (including phenoxy) is 2. The van der Waals surface area contributed by atoms with Crippen molar-refractivity contribution in [1.29, 1.82) is 0 Å². The van der Waals surface area contributed by atoms with Crippen molar-refractivity contribution in [3.8, 4) is 0 Å². The number of carboxylic acids is 2. The number of hydrogen-bond donors (Lipinski definition) is 4. The molecule has 2 atom stereocenters. The summed E-state index contributed by atoms with van der Waals surface area (Å²) < 4.78 is 10.6. The zero-order valence-corrected chi connectivity index (χ0v) is 15.0. The monoisotopic (exact) mass is 374 g/mol. The summed E-state index contributed by atoms with van der Waals surface area (Å²) in [6, 6.07) is 0. The maximum Gasteiger partial charge on any atom is 0.327 e. The minimum absolute atomic E-state index is 0.182. The Kier molecular flexibility index (Phi) is 15.6. The maximum atomic E-state index is 10.3. The van der Waals surface area contributed by atoms with Crippen LogP contribution in [-0.4, -0.2) is 71.0 Å². The molecule has 4 N–H and O–H groups in total. The molecule has 0 aromatic carbocycles. The average molecular weight is 374 g/mol. The van der Waals surface area contributed by atoms with Crippen LogP contribution in [0, 0.1) is 0 Å². The molecule has 0 aromatic heterocycles. The van der Waals surface area contributed by atoms with Crippen LogP contribution in [0.25, 0.3) is 0 Å². The van der Waals surface area contributed by atoms with Crippen molar-refractivity contribution in [3.05, 3.63) is 24.3 Å². The lowest BCUT2D eigenvalue weighted by atomic mass is 10.2. The van der Waals surface area contributed by atoms with E-state index >= 15 is 0 Å². The Morgan fingerprint density at radius 2 is 1.12 bits per heavy atom. The SMILES string of the molecule is O=C(O)C=CCC(O)COCCCCCCOCC(O)CC=CC(=O)O. The molecule has 0 rings (SSSR count). The van der Waals surface area contributed by atoms with Crippen molar-refractivity contribution >= 4 is 11.9 Å². The van der Waals surface area contributed by atoms with Gasteiger partial charge in [-0.1, -0.05) is 25.0 Å². The molecule has 8 nitrogen and oxygen atoms in total. The fraction of sp³-hybridized carbons (Fsp3) is 0.667. The summed E-state index contributed by atoms with van der Waals surface area (Å²) in [5.41, 5.74) is 0. The molecule has 0 fully saturated rings. The summed E-state index contributed by atoms with van der Waals surface area (Å²) in [6.45, 7) is 1.44. The van der Waals surface area contributed by atoms with Gasteiger partial charge in [-0.15, -0.1) is 0 Å². The van der Waals surface area contributed by atoms with Gasteiger partial charge < -0.3 is 29.9 Å². The van der Waals surface area contributed by atoms with E-state index in [0.29, 0.717) is 13.2 Å². The third-order valence-corrected chi connectivity index (χ3v) is 3.28. The first kappa shape index (κ1) is 24.3. The van der Waals surface area contributed by atoms with Gasteiger partial charge in [0.2, 0.25) is 0 Å². The van der Waals surface area contributed by atoms with Gasteiger partial charge in [-0.2, -0.15) is 0 Å². The number of aliphatic carboxylic acids is 2. The average Bonchev–Trinajstić information content (AvgIpc) is 2.55. The molecule has 26 heavy (non-hydrogen) atoms. The van der Waals surface area contributed by atoms with E-state index in [1.54, 1.807) is 0 Å². The van der Waals surface area contributed by atoms with E-state index in [-0.39, 0.29) is 26.1 Å². The van der Waals surface area contributed by atoms with Gasteiger partial charge in [-0.25, -0.2) is 9.59 Å². The lowest BCUT2D eigenvalue weighted by Crippen LogP contribution is -2.15. The number of rotatable bonds is 17. The Labute approximate surface area is 153 Å². The Morgan fingerprint density at radius 1 is 0.731 bits per heavy atom. The third-order valence-electron chi connectivity index (χ3n) is 3.28. The largest absolute Gasteiger partial charge is 0.478 e. The van der Waals surface area contributed by atoms with Gasteiger partial charge in [-0.05, 0) is 25.7 Å². The van der Waals surface area contributed by atoms with Crippen LogP contribution in [-0.2, 0) is 19.1 Å². The topological polar surface area (TPSA) is 134 Å². The molecule has 150 valence electrons. The molecule has 2 unspecified atom stereocenters. The fourth-order valence-electron chi connectivity index (χ4n) is 1.99. The van der Waals surface area contributed by atoms with Crippen molar-refractivity contribution in [2.45, 2.75) is 50.7 Å². The van der Waals surface area contributed by atoms with Crippen LogP contribution in [0.5, 0.6) is 0 Å². The second kappa shape index (κ2) is 16.7. The molecule has 0 radical (unpaired) electrons. The number of unbranched alkanes of at least 4 members (excludes halogenated alkanes) is 3. The summed E-state index contributed by atoms with van der Waals surface area (Å²) in [6.07, 6.45) is 7.54. The van der Waals surface area contributed by atoms with Gasteiger partial charge >= 0.3 is 11.9 Å². The van der Waals surface area contributed by atoms with Gasteiger partial charge in [0.15, 0.2) is 0 Å². The molecule has 8 heteroatoms. The molecule has 0 aliphatic carbocycles. The number of aliphatic hydroxyl groups excluding tert-OH is 2. The van der Waals surface area contributed by atoms with Crippen LogP contribution in [0.2, 0.25) is 0 Å². The van der Waals surface area contributed by atoms with E-state index in [1.807, 2.05) is 0 Å². The van der Waals surface area contributed by atoms with Crippen molar-refractivity contribution in [2.24, 2.45) is 0 Å². The van der Waals surface area contributed by atoms with Crippen molar-refractivity contribution in [1.82, 2.24) is 0 Å². The minimum atomic E-state index is -1.04. The van der Waals surface area contributed by atoms with Gasteiger partial charge in [0.05, 0.1) is 25.4 Å². The van der Waals surface area contributed by atoms with E-state index < -0.39 is 24.1 Å². The molecular weight excluding hydrogens is 344 g/mol. The molecule has 0 amide bonds. The van der Waals surface area contributed by atoms with E-state index in [0.717, 1.165) is 37.8 Å². The lowest BCUT2D eigenvalue weighted by molar-refractivity contribution is -0.132. The van der Waals surface area contributed by atoms with Crippen LogP contribution in [0.15, 0.2) is 24.3 Å². The zero-order chi connectivity index (χ0) is 19.6. The lowest BCUT2D eigenvalue weighted by Gasteiger charge is -2.10. The smallest absolute Gasteiger partial charge is 0.327 e. The highest BCUT2D eigenvalue weighted by molar-refractivity contribution is 5.79. The highest BCUT2D eigenvalue weighted by Crippen LogP contribution is 2.03. The van der Waals surface area contributed by atoms with Gasteiger partial charge in [-0.3, -0.25) is 0 Å². The Balaban J connectivity index is 3.36. The van der Waals surface area contributed by atoms with Gasteiger partial charge in [0.25, 0.3) is 0 Å². The van der Waals surface area contributed by atoms with Crippen LogP contribution in [0.3, 0.4) is 0 Å². The maximum absolute atomic E-state index is 10.3. The second-order valence-corrected chi connectivity index (χ2v) is 5.82. The summed E-state index contributed by atoms with van der Waals surface area (Å²) in [5, 5.41) is 35.9. The predicted octanol–water partition coefficient (Wildman–Crippen LogP) is 1.36. The molecule has 0 saturated carbocycles. The van der Waals surface area contributed by atoms with E-state index in [4.69, 9.17) is 19.7 Å². The second-order valence-electron chi connectivity index (χ2n) is 5.82. The van der Waals surface area contributed by atoms with Crippen LogP contribution in [0.4, 0.5) is 0 Å². The molecule has 0 aromatic rings. The fourth-order valence-corrected chi connectivity index (χ4v) is 1.99. The number of hydrogen-bond acceptors (Lipinski definition) is 6. The van der Waals surface area contributed by atoms with E-state index in [9.17, 15) is 19.8 Å². The summed E-state index contributed by atoms with van der Waals surface area (Å²) in [4.78, 5) is 20.5. The van der Waals surface area contributed by atoms with Gasteiger partial charge in [0, 0.05) is 25.4 Å². The zero-order valence-electron chi connectivity index (χ0n) is 15.0. The third kappa shape index (κ3) is 18.6. The summed E-state index contributed by atoms with van der Waals surface area (Å²) in [5.74, 6) is -2.07. The molecule has 0 aliphatic heterocycles. The highest BCUT2D eigenvalue weighted by atomic mass is 16.5. The Hall–Kier alpha value is -1.74. The molecule has 0 bridgehead atoms. The van der Waals surface area contributed by atoms with Crippen LogP contribution >= 0.6 is 0 Å². The Bertz CT molecular complexity index is 393. The quantitative estimate of drug-likeness (QED) is 0.221. The van der Waals surface area contributed by atoms with Crippen LogP contribution < -0.4 is 0 Å². The van der Waals surface area contributed by atoms with Crippen molar-refractivity contribution < 1.29 is 39.5 Å². The first-order chi connectivity index (χ1) is 12.4. The van der Waals surface area contributed by atoms with Crippen molar-refractivity contribution in [3.63, 3.8) is 0 Å². The highest BCUT2D eigenvalue weighted by Gasteiger charge is 2.03. The van der Waals surface area contributed by atoms with Crippen molar-refractivity contribution in [2.75, 3.05) is 26.4 Å². The molecule has 0 aliphatic rings. The van der Waals surface area contributed by atoms with Crippen LogP contribution in [0.1, 0.15) is 38.5 Å². The van der Waals surface area contributed by atoms with E-state index in [1.165, 1.54) is 12.2 Å². The number of aliphatic hydroxyl groups is 2. The normalized spacial score (nSPS) is 14.1. The van der Waals surface area contributed by atoms with E-state index in [2.05, 4.69) is 0 Å². The summed E-state index contributed by atoms with van der Waals surface area (Å²) >= 11 is 0. The number of carbonyl (C=O) groups is 2. The molecule has 0 saturated heterocycles. The van der Waals surface area contributed by atoms with Gasteiger partial charge in [0.1, 0.15) is 0 Å². The number of carboxylic acid groups (broad SMARTS) is 2. The summed E-state index contributed by atoms with van der Waals surface area (Å²) in [7, 11) is 0. The minimum Gasteiger partial charge on any atom is -0.478 e. The Morgan fingerprint density at radius 3 is 1.46 bits per heavy atom. The molecule has 0 spiro atoms. The standard InChI is InChI=1S/C18H30O8/c19-15(7-5-9-17(21)22)13-25-11-3-1-2-4-12-26-14-16(20)8-6-10-18(23)24/h5-6,9-10,15-16,19-20H,1-4,7-8,11-14H2,(H,21,22)(H,23,24).